The Morgan fingerprint density at radius 2 is 1.62 bits per heavy atom. The van der Waals surface area contributed by atoms with Crippen LogP contribution in [0.2, 0.25) is 0 Å². The molecule has 0 spiro atoms. The highest BCUT2D eigenvalue weighted by atomic mass is 32.2. The molecule has 2 saturated heterocycles. The lowest BCUT2D eigenvalue weighted by Gasteiger charge is -2.38. The second kappa shape index (κ2) is 10.1. The van der Waals surface area contributed by atoms with Crippen LogP contribution in [0.4, 0.5) is 18.9 Å². The minimum Gasteiger partial charge on any atom is -0.368 e. The van der Waals surface area contributed by atoms with Gasteiger partial charge in [0.25, 0.3) is 10.0 Å². The molecule has 0 N–H and O–H groups in total. The minimum absolute atomic E-state index is 0.0898. The van der Waals surface area contributed by atoms with E-state index in [9.17, 15) is 26.4 Å². The summed E-state index contributed by atoms with van der Waals surface area (Å²) in [5.41, 5.74) is 0.678. The third kappa shape index (κ3) is 5.25. The molecule has 0 radical (unpaired) electrons. The van der Waals surface area contributed by atoms with Crippen molar-refractivity contribution in [2.24, 2.45) is 5.92 Å². The summed E-state index contributed by atoms with van der Waals surface area (Å²) >= 11 is 1.15. The molecule has 5 rings (SSSR count). The van der Waals surface area contributed by atoms with Crippen molar-refractivity contribution >= 4 is 33.0 Å². The van der Waals surface area contributed by atoms with E-state index in [0.29, 0.717) is 31.9 Å². The van der Waals surface area contributed by atoms with Crippen molar-refractivity contribution in [2.45, 2.75) is 16.3 Å². The van der Waals surface area contributed by atoms with Gasteiger partial charge in [0, 0.05) is 50.9 Å². The summed E-state index contributed by atoms with van der Waals surface area (Å²) in [6, 6.07) is 17.9. The van der Waals surface area contributed by atoms with Gasteiger partial charge in [0.15, 0.2) is 0 Å². The fourth-order valence-corrected chi connectivity index (χ4v) is 7.72. The third-order valence-electron chi connectivity index (χ3n) is 7.05. The van der Waals surface area contributed by atoms with Crippen LogP contribution in [0.1, 0.15) is 17.0 Å². The van der Waals surface area contributed by atoms with Crippen LogP contribution in [0.3, 0.4) is 0 Å². The number of thiophene rings is 1. The molecule has 0 bridgehead atoms. The molecule has 2 atom stereocenters. The van der Waals surface area contributed by atoms with E-state index in [1.165, 1.54) is 10.4 Å². The number of anilines is 1. The Morgan fingerprint density at radius 3 is 2.27 bits per heavy atom. The quantitative estimate of drug-likeness (QED) is 0.470. The predicted molar refractivity (Wildman–Crippen MR) is 136 cm³/mol. The van der Waals surface area contributed by atoms with E-state index in [4.69, 9.17) is 0 Å². The van der Waals surface area contributed by atoms with Crippen LogP contribution in [0, 0.1) is 5.92 Å². The Hall–Kier alpha value is -2.89. The van der Waals surface area contributed by atoms with Crippen molar-refractivity contribution in [3.05, 3.63) is 83.2 Å². The smallest absolute Gasteiger partial charge is 0.368 e. The monoisotopic (exact) mass is 549 g/mol. The number of halogens is 3. The zero-order chi connectivity index (χ0) is 26.2. The van der Waals surface area contributed by atoms with Gasteiger partial charge in [-0.25, -0.2) is 8.42 Å². The van der Waals surface area contributed by atoms with E-state index in [1.54, 1.807) is 28.5 Å². The summed E-state index contributed by atoms with van der Waals surface area (Å²) in [7, 11) is -3.71. The average molecular weight is 550 g/mol. The number of rotatable bonds is 5. The number of piperazine rings is 1. The minimum atomic E-state index is -4.42. The van der Waals surface area contributed by atoms with Gasteiger partial charge in [0.1, 0.15) is 4.21 Å². The van der Waals surface area contributed by atoms with Gasteiger partial charge in [-0.15, -0.1) is 11.3 Å². The highest BCUT2D eigenvalue weighted by molar-refractivity contribution is 7.91. The molecule has 2 aliphatic rings. The Labute approximate surface area is 218 Å². The number of benzene rings is 2. The first kappa shape index (κ1) is 25.7. The maximum Gasteiger partial charge on any atom is 0.416 e. The maximum atomic E-state index is 13.7. The van der Waals surface area contributed by atoms with Crippen LogP contribution in [-0.2, 0) is 21.0 Å². The van der Waals surface area contributed by atoms with Crippen LogP contribution < -0.4 is 4.90 Å². The molecule has 3 aromatic rings. The van der Waals surface area contributed by atoms with Gasteiger partial charge in [-0.05, 0) is 35.2 Å². The molecule has 2 fully saturated rings. The van der Waals surface area contributed by atoms with Crippen LogP contribution in [0.15, 0.2) is 76.3 Å². The zero-order valence-corrected chi connectivity index (χ0v) is 21.5. The Balaban J connectivity index is 1.32. The van der Waals surface area contributed by atoms with E-state index in [1.807, 2.05) is 35.2 Å². The Bertz CT molecular complexity index is 1340. The normalized spacial score (nSPS) is 21.4. The van der Waals surface area contributed by atoms with Crippen molar-refractivity contribution in [1.82, 2.24) is 9.21 Å². The largest absolute Gasteiger partial charge is 0.416 e. The van der Waals surface area contributed by atoms with Crippen molar-refractivity contribution in [3.8, 4) is 0 Å². The lowest BCUT2D eigenvalue weighted by atomic mass is 9.88. The van der Waals surface area contributed by atoms with Gasteiger partial charge in [-0.1, -0.05) is 42.5 Å². The number of alkyl halides is 3. The SMILES string of the molecule is O=C([C@@H]1CN(S(=O)(=O)c2cccs2)C[C@H]1c1ccccc1)N1CCN(c2cccc(C(F)(F)F)c2)CC1. The Morgan fingerprint density at radius 1 is 0.892 bits per heavy atom. The van der Waals surface area contributed by atoms with E-state index in [2.05, 4.69) is 0 Å². The van der Waals surface area contributed by atoms with Crippen molar-refractivity contribution < 1.29 is 26.4 Å². The van der Waals surface area contributed by atoms with Crippen molar-refractivity contribution in [2.75, 3.05) is 44.2 Å². The fourth-order valence-electron chi connectivity index (χ4n) is 5.09. The maximum absolute atomic E-state index is 13.7. The number of carbonyl (C=O) groups excluding carboxylic acids is 1. The zero-order valence-electron chi connectivity index (χ0n) is 19.8. The van der Waals surface area contributed by atoms with Crippen LogP contribution >= 0.6 is 11.3 Å². The van der Waals surface area contributed by atoms with Crippen LogP contribution in [0.25, 0.3) is 0 Å². The summed E-state index contributed by atoms with van der Waals surface area (Å²) in [6.07, 6.45) is -4.42. The van der Waals surface area contributed by atoms with E-state index < -0.39 is 27.7 Å². The lowest BCUT2D eigenvalue weighted by molar-refractivity contribution is -0.137. The fraction of sp³-hybridized carbons (Fsp3) is 0.346. The number of amides is 1. The molecule has 0 saturated carbocycles. The molecule has 11 heteroatoms. The third-order valence-corrected chi connectivity index (χ3v) is 10.3. The highest BCUT2D eigenvalue weighted by Gasteiger charge is 2.45. The predicted octanol–water partition coefficient (Wildman–Crippen LogP) is 4.52. The molecular weight excluding hydrogens is 523 g/mol. The summed E-state index contributed by atoms with van der Waals surface area (Å²) in [5.74, 6) is -0.955. The lowest BCUT2D eigenvalue weighted by Crippen LogP contribution is -2.51. The van der Waals surface area contributed by atoms with Gasteiger partial charge in [-0.2, -0.15) is 17.5 Å². The second-order valence-corrected chi connectivity index (χ2v) is 12.4. The highest BCUT2D eigenvalue weighted by Crippen LogP contribution is 2.38. The summed E-state index contributed by atoms with van der Waals surface area (Å²) in [6.45, 7) is 1.80. The average Bonchev–Trinajstić information content (AvgIpc) is 3.60. The van der Waals surface area contributed by atoms with Gasteiger partial charge >= 0.3 is 6.18 Å². The molecule has 2 aliphatic heterocycles. The molecule has 1 amide bonds. The first-order valence-electron chi connectivity index (χ1n) is 11.9. The summed E-state index contributed by atoms with van der Waals surface area (Å²) < 4.78 is 67.6. The topological polar surface area (TPSA) is 60.9 Å². The molecule has 0 aliphatic carbocycles. The molecular formula is C26H26F3N3O3S2. The molecule has 37 heavy (non-hydrogen) atoms. The van der Waals surface area contributed by atoms with Crippen molar-refractivity contribution in [3.63, 3.8) is 0 Å². The van der Waals surface area contributed by atoms with Crippen LogP contribution in [0.5, 0.6) is 0 Å². The molecule has 1 aromatic heterocycles. The van der Waals surface area contributed by atoms with Gasteiger partial charge < -0.3 is 9.80 Å². The first-order chi connectivity index (χ1) is 17.6. The van der Waals surface area contributed by atoms with Gasteiger partial charge in [0.05, 0.1) is 11.5 Å². The Kier molecular flexibility index (Phi) is 7.03. The van der Waals surface area contributed by atoms with E-state index in [-0.39, 0.29) is 29.1 Å². The standard InChI is InChI=1S/C26H26F3N3O3S2/c27-26(28,29)20-8-4-9-21(16-20)30-11-13-31(14-12-30)25(33)23-18-32(37(34,35)24-10-5-15-36-24)17-22(23)19-6-2-1-3-7-19/h1-10,15-16,22-23H,11-14,17-18H2/t22-,23+/m0/s1. The number of hydrogen-bond acceptors (Lipinski definition) is 5. The van der Waals surface area contributed by atoms with E-state index >= 15 is 0 Å². The molecule has 3 heterocycles. The molecule has 196 valence electrons. The number of carbonyl (C=O) groups is 1. The van der Waals surface area contributed by atoms with Crippen LogP contribution in [-0.4, -0.2) is 62.8 Å². The van der Waals surface area contributed by atoms with Gasteiger partial charge in [-0.3, -0.25) is 4.79 Å². The number of hydrogen-bond donors (Lipinski definition) is 0. The summed E-state index contributed by atoms with van der Waals surface area (Å²) in [4.78, 5) is 17.3. The first-order valence-corrected chi connectivity index (χ1v) is 14.3. The van der Waals surface area contributed by atoms with Crippen molar-refractivity contribution in [1.29, 1.82) is 0 Å². The van der Waals surface area contributed by atoms with Gasteiger partial charge in [0.2, 0.25) is 5.91 Å². The number of sulfonamides is 1. The summed E-state index contributed by atoms with van der Waals surface area (Å²) in [5, 5.41) is 1.71. The molecule has 0 unspecified atom stereocenters. The second-order valence-electron chi connectivity index (χ2n) is 9.24. The molecule has 2 aromatic carbocycles. The number of nitrogens with zero attached hydrogens (tertiary/aromatic N) is 3. The van der Waals surface area contributed by atoms with E-state index in [0.717, 1.165) is 29.0 Å². The molecule has 6 nitrogen and oxygen atoms in total.